The molecule has 276 valence electrons. The molecule has 0 saturated carbocycles. The van der Waals surface area contributed by atoms with E-state index in [0.29, 0.717) is 17.5 Å². The minimum Gasteiger partial charge on any atom is -0.208 e. The van der Waals surface area contributed by atoms with Gasteiger partial charge in [-0.15, -0.1) is 0 Å². The second-order valence-corrected chi connectivity index (χ2v) is 16.8. The van der Waals surface area contributed by atoms with E-state index in [-0.39, 0.29) is 10.8 Å². The molecule has 0 atom stereocenters. The number of fused-ring (bicyclic) bond motifs is 7. The summed E-state index contributed by atoms with van der Waals surface area (Å²) in [5.41, 5.74) is 17.9. The molecule has 1 aromatic heterocycles. The van der Waals surface area contributed by atoms with Crippen LogP contribution in [0, 0.1) is 0 Å². The van der Waals surface area contributed by atoms with Gasteiger partial charge in [0.1, 0.15) is 0 Å². The van der Waals surface area contributed by atoms with Crippen LogP contribution in [0.25, 0.3) is 89.4 Å². The lowest BCUT2D eigenvalue weighted by Crippen LogP contribution is -2.15. The zero-order chi connectivity index (χ0) is 39.2. The molecule has 58 heavy (non-hydrogen) atoms. The summed E-state index contributed by atoms with van der Waals surface area (Å²) in [6, 6.07) is 63.4. The number of nitrogens with zero attached hydrogens (tertiary/aromatic N) is 3. The molecule has 3 nitrogen and oxygen atoms in total. The van der Waals surface area contributed by atoms with Gasteiger partial charge in [0.05, 0.1) is 0 Å². The van der Waals surface area contributed by atoms with Gasteiger partial charge in [-0.05, 0) is 95.7 Å². The zero-order valence-corrected chi connectivity index (χ0v) is 33.1. The summed E-state index contributed by atoms with van der Waals surface area (Å²) in [4.78, 5) is 15.7. The maximum atomic E-state index is 5.29. The van der Waals surface area contributed by atoms with Crippen molar-refractivity contribution in [3.63, 3.8) is 0 Å². The molecule has 0 amide bonds. The molecule has 0 saturated heterocycles. The second kappa shape index (κ2) is 12.8. The lowest BCUT2D eigenvalue weighted by molar-refractivity contribution is 0.660. The van der Waals surface area contributed by atoms with Crippen LogP contribution in [-0.4, -0.2) is 15.0 Å². The Morgan fingerprint density at radius 3 is 1.57 bits per heavy atom. The van der Waals surface area contributed by atoms with Gasteiger partial charge in [-0.25, -0.2) is 15.0 Å². The van der Waals surface area contributed by atoms with Crippen molar-refractivity contribution < 1.29 is 0 Å². The zero-order valence-electron chi connectivity index (χ0n) is 33.1. The van der Waals surface area contributed by atoms with E-state index in [1.807, 2.05) is 6.07 Å². The third kappa shape index (κ3) is 5.23. The van der Waals surface area contributed by atoms with Gasteiger partial charge in [0, 0.05) is 27.5 Å². The molecule has 8 aromatic carbocycles. The van der Waals surface area contributed by atoms with E-state index in [0.717, 1.165) is 27.8 Å². The summed E-state index contributed by atoms with van der Waals surface area (Å²) >= 11 is 0. The summed E-state index contributed by atoms with van der Waals surface area (Å²) < 4.78 is 0. The van der Waals surface area contributed by atoms with E-state index >= 15 is 0 Å². The van der Waals surface area contributed by atoms with Crippen molar-refractivity contribution in [2.45, 2.75) is 38.5 Å². The molecule has 0 radical (unpaired) electrons. The lowest BCUT2D eigenvalue weighted by atomic mass is 9.80. The molecule has 0 fully saturated rings. The van der Waals surface area contributed by atoms with Crippen LogP contribution in [0.15, 0.2) is 176 Å². The van der Waals surface area contributed by atoms with Crippen LogP contribution in [0.4, 0.5) is 0 Å². The van der Waals surface area contributed by atoms with Gasteiger partial charge in [-0.3, -0.25) is 0 Å². The Morgan fingerprint density at radius 2 is 0.810 bits per heavy atom. The first kappa shape index (κ1) is 34.3. The highest BCUT2D eigenvalue weighted by Gasteiger charge is 2.38. The average molecular weight is 744 g/mol. The quantitative estimate of drug-likeness (QED) is 0.176. The van der Waals surface area contributed by atoms with Crippen molar-refractivity contribution in [2.75, 3.05) is 0 Å². The van der Waals surface area contributed by atoms with Crippen molar-refractivity contribution in [3.8, 4) is 78.7 Å². The molecular formula is C55H41N3. The van der Waals surface area contributed by atoms with Crippen LogP contribution in [0.3, 0.4) is 0 Å². The van der Waals surface area contributed by atoms with Crippen LogP contribution in [0.2, 0.25) is 0 Å². The smallest absolute Gasteiger partial charge is 0.164 e. The first-order valence-corrected chi connectivity index (χ1v) is 20.2. The van der Waals surface area contributed by atoms with Crippen molar-refractivity contribution >= 4 is 10.8 Å². The van der Waals surface area contributed by atoms with Gasteiger partial charge >= 0.3 is 0 Å². The molecule has 0 unspecified atom stereocenters. The topological polar surface area (TPSA) is 38.7 Å². The minimum absolute atomic E-state index is 0.123. The second-order valence-electron chi connectivity index (χ2n) is 16.8. The molecule has 2 aliphatic rings. The Hall–Kier alpha value is -6.97. The number of hydrogen-bond acceptors (Lipinski definition) is 3. The highest BCUT2D eigenvalue weighted by molar-refractivity contribution is 6.08. The molecule has 0 N–H and O–H groups in total. The van der Waals surface area contributed by atoms with E-state index in [2.05, 4.69) is 198 Å². The highest BCUT2D eigenvalue weighted by Crippen LogP contribution is 2.54. The van der Waals surface area contributed by atoms with Crippen molar-refractivity contribution in [3.05, 3.63) is 198 Å². The maximum absolute atomic E-state index is 5.29. The van der Waals surface area contributed by atoms with Crippen molar-refractivity contribution in [1.82, 2.24) is 15.0 Å². The number of benzene rings is 8. The molecule has 2 aliphatic carbocycles. The van der Waals surface area contributed by atoms with Gasteiger partial charge in [0.2, 0.25) is 0 Å². The van der Waals surface area contributed by atoms with Crippen LogP contribution < -0.4 is 0 Å². The fourth-order valence-electron chi connectivity index (χ4n) is 9.67. The molecule has 0 bridgehead atoms. The van der Waals surface area contributed by atoms with Crippen LogP contribution >= 0.6 is 0 Å². The molecule has 9 aromatic rings. The van der Waals surface area contributed by atoms with Gasteiger partial charge in [-0.2, -0.15) is 0 Å². The monoisotopic (exact) mass is 743 g/mol. The largest absolute Gasteiger partial charge is 0.208 e. The van der Waals surface area contributed by atoms with E-state index in [1.54, 1.807) is 0 Å². The standard InChI is InChI=1S/C55H41N3/c1-54(2)45-23-12-10-21-42(45)43-30-29-40(33-47(43)54)53-57-51(36-27-25-35(26-28-36)34-15-6-5-7-16-34)56-52(58-53)39-19-14-18-38(31-39)49-41-20-9-8-17-37(41)32-48-50(49)44-22-11-13-24-46(44)55(48,3)4/h5-33H,1-4H3. The average Bonchev–Trinajstić information content (AvgIpc) is 3.64. The van der Waals surface area contributed by atoms with Gasteiger partial charge in [0.25, 0.3) is 0 Å². The Morgan fingerprint density at radius 1 is 0.310 bits per heavy atom. The number of aromatic nitrogens is 3. The van der Waals surface area contributed by atoms with Crippen molar-refractivity contribution in [2.24, 2.45) is 0 Å². The highest BCUT2D eigenvalue weighted by atomic mass is 15.0. The van der Waals surface area contributed by atoms with Gasteiger partial charge in [-0.1, -0.05) is 185 Å². The number of hydrogen-bond donors (Lipinski definition) is 0. The SMILES string of the molecule is CC1(C)c2ccccc2-c2ccc(-c3nc(-c4ccc(-c5ccccc5)cc4)nc(-c4cccc(-c5c6c(cc7ccccc57)C(C)(C)c5ccccc5-6)c4)n3)cc21. The summed E-state index contributed by atoms with van der Waals surface area (Å²) in [6.45, 7) is 9.33. The van der Waals surface area contributed by atoms with E-state index in [1.165, 1.54) is 66.4 Å². The van der Waals surface area contributed by atoms with Crippen LogP contribution in [0.5, 0.6) is 0 Å². The molecule has 3 heteroatoms. The van der Waals surface area contributed by atoms with Gasteiger partial charge < -0.3 is 0 Å². The molecule has 0 aliphatic heterocycles. The normalized spacial score (nSPS) is 14.1. The first-order valence-electron chi connectivity index (χ1n) is 20.2. The van der Waals surface area contributed by atoms with Crippen LogP contribution in [0.1, 0.15) is 49.9 Å². The van der Waals surface area contributed by atoms with E-state index in [9.17, 15) is 0 Å². The number of rotatable bonds is 5. The maximum Gasteiger partial charge on any atom is 0.164 e. The fraction of sp³-hybridized carbons (Fsp3) is 0.109. The molecule has 1 heterocycles. The summed E-state index contributed by atoms with van der Waals surface area (Å²) in [5, 5.41) is 2.48. The van der Waals surface area contributed by atoms with Gasteiger partial charge in [0.15, 0.2) is 17.5 Å². The molecule has 11 rings (SSSR count). The van der Waals surface area contributed by atoms with Crippen LogP contribution in [-0.2, 0) is 10.8 Å². The lowest BCUT2D eigenvalue weighted by Gasteiger charge is -2.23. The van der Waals surface area contributed by atoms with E-state index < -0.39 is 0 Å². The summed E-state index contributed by atoms with van der Waals surface area (Å²) in [5.74, 6) is 1.96. The predicted octanol–water partition coefficient (Wildman–Crippen LogP) is 14.0. The van der Waals surface area contributed by atoms with E-state index in [4.69, 9.17) is 15.0 Å². The minimum atomic E-state index is -0.145. The summed E-state index contributed by atoms with van der Waals surface area (Å²) in [6.07, 6.45) is 0. The Kier molecular flexibility index (Phi) is 7.55. The first-order chi connectivity index (χ1) is 28.3. The van der Waals surface area contributed by atoms with Crippen molar-refractivity contribution in [1.29, 1.82) is 0 Å². The third-order valence-corrected chi connectivity index (χ3v) is 12.7. The Bertz CT molecular complexity index is 3100. The summed E-state index contributed by atoms with van der Waals surface area (Å²) in [7, 11) is 0. The predicted molar refractivity (Wildman–Crippen MR) is 240 cm³/mol. The third-order valence-electron chi connectivity index (χ3n) is 12.7. The fourth-order valence-corrected chi connectivity index (χ4v) is 9.67. The molecular weight excluding hydrogens is 703 g/mol. The Balaban J connectivity index is 1.10. The molecule has 0 spiro atoms. The Labute approximate surface area is 339 Å².